The van der Waals surface area contributed by atoms with Gasteiger partial charge < -0.3 is 0 Å². The SMILES string of the molecule is [CH3][Al]([CH3])[S]c1ccccc1[S][Al]([CH3])[CH3]. The minimum Gasteiger partial charge on any atom is -0.223 e. The Kier molecular flexibility index (Phi) is 6.10. The van der Waals surface area contributed by atoms with Gasteiger partial charge in [0, 0.05) is 0 Å². The molecule has 0 atom stereocenters. The third kappa shape index (κ3) is 4.67. The zero-order valence-corrected chi connectivity index (χ0v) is 13.2. The van der Waals surface area contributed by atoms with Crippen LogP contribution in [0.15, 0.2) is 34.1 Å². The van der Waals surface area contributed by atoms with Gasteiger partial charge >= 0.3 is 26.0 Å². The largest absolute Gasteiger partial charge is 0.350 e. The van der Waals surface area contributed by atoms with Crippen LogP contribution in [0.2, 0.25) is 23.1 Å². The van der Waals surface area contributed by atoms with Crippen LogP contribution in [0.1, 0.15) is 0 Å². The maximum absolute atomic E-state index is 2.39. The third-order valence-corrected chi connectivity index (χ3v) is 8.22. The highest BCUT2D eigenvalue weighted by atomic mass is 32.3. The molecule has 0 unspecified atom stereocenters. The summed E-state index contributed by atoms with van der Waals surface area (Å²) in [6, 6.07) is 8.86. The summed E-state index contributed by atoms with van der Waals surface area (Å²) in [5.74, 6) is 9.55. The minimum atomic E-state index is -0.552. The highest BCUT2D eigenvalue weighted by Crippen LogP contribution is 2.33. The molecule has 0 radical (unpaired) electrons. The average Bonchev–Trinajstić information content (AvgIpc) is 2.06. The van der Waals surface area contributed by atoms with Crippen LogP contribution in [0.25, 0.3) is 0 Å². The van der Waals surface area contributed by atoms with Crippen molar-refractivity contribution >= 4 is 46.3 Å². The van der Waals surface area contributed by atoms with E-state index in [2.05, 4.69) is 67.7 Å². The predicted octanol–water partition coefficient (Wildman–Crippen LogP) is 4.37. The molecule has 0 heterocycles. The smallest absolute Gasteiger partial charge is 0.223 e. The maximum Gasteiger partial charge on any atom is 0.350 e. The van der Waals surface area contributed by atoms with Crippen LogP contribution in [0, 0.1) is 0 Å². The number of rotatable bonds is 4. The lowest BCUT2D eigenvalue weighted by Gasteiger charge is -2.10. The Hall–Kier alpha value is 0.985. The molecule has 4 heteroatoms. The van der Waals surface area contributed by atoms with E-state index in [0.29, 0.717) is 0 Å². The van der Waals surface area contributed by atoms with Crippen molar-refractivity contribution in [3.63, 3.8) is 0 Å². The molecular weight excluding hydrogens is 238 g/mol. The summed E-state index contributed by atoms with van der Waals surface area (Å²) in [4.78, 5) is 3.03. The predicted molar refractivity (Wildman–Crippen MR) is 73.1 cm³/mol. The molecule has 0 nitrogen and oxygen atoms in total. The Bertz CT molecular complexity index is 258. The molecule has 74 valence electrons. The van der Waals surface area contributed by atoms with Crippen molar-refractivity contribution < 1.29 is 0 Å². The summed E-state index contributed by atoms with van der Waals surface area (Å²) < 4.78 is 0. The summed E-state index contributed by atoms with van der Waals surface area (Å²) in [6.07, 6.45) is 0. The van der Waals surface area contributed by atoms with E-state index in [4.69, 9.17) is 0 Å². The highest BCUT2D eigenvalue weighted by molar-refractivity contribution is 8.27. The fourth-order valence-corrected chi connectivity index (χ4v) is 7.93. The van der Waals surface area contributed by atoms with E-state index < -0.39 is 26.0 Å². The second kappa shape index (κ2) is 6.54. The Balaban J connectivity index is 2.80. The van der Waals surface area contributed by atoms with E-state index in [9.17, 15) is 0 Å². The van der Waals surface area contributed by atoms with Crippen LogP contribution in [0.4, 0.5) is 0 Å². The van der Waals surface area contributed by atoms with E-state index in [1.54, 1.807) is 0 Å². The monoisotopic (exact) mass is 254 g/mol. The van der Waals surface area contributed by atoms with Crippen molar-refractivity contribution in [2.45, 2.75) is 32.9 Å². The van der Waals surface area contributed by atoms with Crippen molar-refractivity contribution in [2.24, 2.45) is 0 Å². The maximum atomic E-state index is 2.39. The second-order valence-electron chi connectivity index (χ2n) is 3.78. The highest BCUT2D eigenvalue weighted by Gasteiger charge is 2.11. The summed E-state index contributed by atoms with van der Waals surface area (Å²) in [5, 5.41) is 0. The molecule has 0 aliphatic heterocycles. The van der Waals surface area contributed by atoms with Crippen LogP contribution in [0.3, 0.4) is 0 Å². The van der Waals surface area contributed by atoms with Crippen molar-refractivity contribution in [3.05, 3.63) is 24.3 Å². The fraction of sp³-hybridized carbons (Fsp3) is 0.400. The van der Waals surface area contributed by atoms with Crippen LogP contribution >= 0.6 is 20.3 Å². The van der Waals surface area contributed by atoms with Gasteiger partial charge in [-0.05, 0) is 21.9 Å². The molecule has 0 spiro atoms. The quantitative estimate of drug-likeness (QED) is 0.732. The zero-order valence-electron chi connectivity index (χ0n) is 9.28. The average molecular weight is 254 g/mol. The fourth-order valence-electron chi connectivity index (χ4n) is 1.15. The molecule has 14 heavy (non-hydrogen) atoms. The molecule has 0 aliphatic rings. The summed E-state index contributed by atoms with van der Waals surface area (Å²) in [5.41, 5.74) is 0. The first-order chi connectivity index (χ1) is 6.59. The van der Waals surface area contributed by atoms with E-state index in [1.165, 1.54) is 9.79 Å². The number of hydrogen-bond donors (Lipinski definition) is 0. The molecule has 0 bridgehead atoms. The standard InChI is InChI=1S/C6H6S2.4CH3.2Al/c7-5-3-1-2-4-6(5)8;;;;;;/h1-4,7-8H;4*1H3;;/q;;;;;2*+1/p-2. The van der Waals surface area contributed by atoms with Gasteiger partial charge in [-0.25, -0.2) is 20.3 Å². The third-order valence-electron chi connectivity index (χ3n) is 1.57. The lowest BCUT2D eigenvalue weighted by Crippen LogP contribution is -1.96. The van der Waals surface area contributed by atoms with E-state index in [-0.39, 0.29) is 0 Å². The molecule has 0 aliphatic carbocycles. The molecule has 0 N–H and O–H groups in total. The zero-order chi connectivity index (χ0) is 10.6. The van der Waals surface area contributed by atoms with Crippen LogP contribution in [-0.2, 0) is 0 Å². The van der Waals surface area contributed by atoms with Crippen molar-refractivity contribution in [3.8, 4) is 0 Å². The van der Waals surface area contributed by atoms with Crippen LogP contribution in [0.5, 0.6) is 0 Å². The summed E-state index contributed by atoms with van der Waals surface area (Å²) in [6.45, 7) is 0. The molecule has 1 aromatic carbocycles. The molecular formula is C10H16Al2S2. The second-order valence-corrected chi connectivity index (χ2v) is 16.4. The van der Waals surface area contributed by atoms with E-state index in [0.717, 1.165) is 0 Å². The molecule has 0 saturated heterocycles. The van der Waals surface area contributed by atoms with Gasteiger partial charge in [0.1, 0.15) is 0 Å². The van der Waals surface area contributed by atoms with Gasteiger partial charge in [-0.2, -0.15) is 0 Å². The lowest BCUT2D eigenvalue weighted by atomic mass is 10.4. The molecule has 0 saturated carbocycles. The van der Waals surface area contributed by atoms with E-state index in [1.807, 2.05) is 0 Å². The Morgan fingerprint density at radius 1 is 0.786 bits per heavy atom. The van der Waals surface area contributed by atoms with Gasteiger partial charge in [0.15, 0.2) is 0 Å². The van der Waals surface area contributed by atoms with Gasteiger partial charge in [0.2, 0.25) is 0 Å². The van der Waals surface area contributed by atoms with Gasteiger partial charge in [-0.3, -0.25) is 0 Å². The molecule has 1 aromatic rings. The Morgan fingerprint density at radius 3 is 1.43 bits per heavy atom. The van der Waals surface area contributed by atoms with Crippen molar-refractivity contribution in [2.75, 3.05) is 0 Å². The van der Waals surface area contributed by atoms with Crippen molar-refractivity contribution in [1.29, 1.82) is 0 Å². The summed E-state index contributed by atoms with van der Waals surface area (Å²) in [7, 11) is 4.21. The molecule has 0 aromatic heterocycles. The Morgan fingerprint density at radius 2 is 1.14 bits per heavy atom. The van der Waals surface area contributed by atoms with Gasteiger partial charge in [-0.1, -0.05) is 35.3 Å². The molecule has 0 fully saturated rings. The summed E-state index contributed by atoms with van der Waals surface area (Å²) >= 11 is -1.10. The van der Waals surface area contributed by atoms with Crippen molar-refractivity contribution in [1.82, 2.24) is 0 Å². The van der Waals surface area contributed by atoms with Gasteiger partial charge in [0.05, 0.1) is 0 Å². The topological polar surface area (TPSA) is 0 Å². The molecule has 0 amide bonds. The van der Waals surface area contributed by atoms with Gasteiger partial charge in [-0.15, -0.1) is 0 Å². The first-order valence-electron chi connectivity index (χ1n) is 5.02. The van der Waals surface area contributed by atoms with Gasteiger partial charge in [0.25, 0.3) is 0 Å². The lowest BCUT2D eigenvalue weighted by molar-refractivity contribution is 1.26. The number of hydrogen-bond acceptors (Lipinski definition) is 2. The molecule has 1 rings (SSSR count). The first-order valence-corrected chi connectivity index (χ1v) is 14.2. The first kappa shape index (κ1) is 13.1. The normalized spacial score (nSPS) is 10.0. The number of benzene rings is 1. The minimum absolute atomic E-state index is 0.552. The van der Waals surface area contributed by atoms with Crippen LogP contribution in [-0.4, -0.2) is 26.0 Å². The van der Waals surface area contributed by atoms with Crippen LogP contribution < -0.4 is 0 Å². The van der Waals surface area contributed by atoms with E-state index >= 15 is 0 Å². The Labute approximate surface area is 103 Å².